The van der Waals surface area contributed by atoms with Crippen LogP contribution in [0.2, 0.25) is 0 Å². The highest BCUT2D eigenvalue weighted by molar-refractivity contribution is 5.34. The Balaban J connectivity index is 1.85. The number of benzene rings is 1. The third-order valence-electron chi connectivity index (χ3n) is 4.09. The van der Waals surface area contributed by atoms with Crippen molar-refractivity contribution in [1.29, 1.82) is 0 Å². The molecule has 106 valence electrons. The molecule has 0 aromatic heterocycles. The van der Waals surface area contributed by atoms with Gasteiger partial charge in [-0.15, -0.1) is 0 Å². The maximum absolute atomic E-state index is 10.3. The zero-order valence-corrected chi connectivity index (χ0v) is 12.0. The number of para-hydroxylation sites is 1. The van der Waals surface area contributed by atoms with Gasteiger partial charge in [0.15, 0.2) is 0 Å². The fourth-order valence-electron chi connectivity index (χ4n) is 2.69. The van der Waals surface area contributed by atoms with Crippen molar-refractivity contribution in [1.82, 2.24) is 4.90 Å². The van der Waals surface area contributed by atoms with E-state index in [4.69, 9.17) is 4.74 Å². The van der Waals surface area contributed by atoms with Gasteiger partial charge >= 0.3 is 0 Å². The highest BCUT2D eigenvalue weighted by Crippen LogP contribution is 2.27. The minimum atomic E-state index is -0.435. The third kappa shape index (κ3) is 3.95. The highest BCUT2D eigenvalue weighted by Gasteiger charge is 2.18. The minimum absolute atomic E-state index is 0.435. The van der Waals surface area contributed by atoms with Crippen LogP contribution < -0.4 is 4.74 Å². The Morgan fingerprint density at radius 3 is 2.68 bits per heavy atom. The van der Waals surface area contributed by atoms with Gasteiger partial charge in [-0.1, -0.05) is 25.1 Å². The molecule has 0 amide bonds. The van der Waals surface area contributed by atoms with Crippen LogP contribution in [0.3, 0.4) is 0 Å². The molecule has 1 unspecified atom stereocenters. The first-order chi connectivity index (χ1) is 9.20. The summed E-state index contributed by atoms with van der Waals surface area (Å²) in [6, 6.07) is 7.73. The summed E-state index contributed by atoms with van der Waals surface area (Å²) in [6.45, 7) is 5.62. The van der Waals surface area contributed by atoms with Crippen LogP contribution in [0.1, 0.15) is 37.9 Å². The van der Waals surface area contributed by atoms with Crippen LogP contribution in [0.25, 0.3) is 0 Å². The molecule has 1 aliphatic heterocycles. The zero-order valence-electron chi connectivity index (χ0n) is 12.0. The predicted octanol–water partition coefficient (Wildman–Crippen LogP) is 2.85. The largest absolute Gasteiger partial charge is 0.496 e. The van der Waals surface area contributed by atoms with E-state index in [0.717, 1.165) is 30.2 Å². The number of piperidine rings is 1. The van der Waals surface area contributed by atoms with Crippen LogP contribution in [0, 0.1) is 5.92 Å². The molecule has 1 aliphatic rings. The lowest BCUT2D eigenvalue weighted by Gasteiger charge is -2.30. The SMILES string of the molecule is COc1ccccc1C(O)CCN1CCC(C)CC1. The summed E-state index contributed by atoms with van der Waals surface area (Å²) in [5.74, 6) is 1.64. The maximum atomic E-state index is 10.3. The Morgan fingerprint density at radius 2 is 2.00 bits per heavy atom. The zero-order chi connectivity index (χ0) is 13.7. The molecule has 1 aromatic rings. The number of hydrogen-bond donors (Lipinski definition) is 1. The average molecular weight is 263 g/mol. The van der Waals surface area contributed by atoms with Crippen LogP contribution in [0.15, 0.2) is 24.3 Å². The summed E-state index contributed by atoms with van der Waals surface area (Å²) in [4.78, 5) is 2.46. The molecule has 1 heterocycles. The molecule has 1 atom stereocenters. The average Bonchev–Trinajstić information content (AvgIpc) is 2.46. The first-order valence-electron chi connectivity index (χ1n) is 7.24. The molecule has 19 heavy (non-hydrogen) atoms. The van der Waals surface area contributed by atoms with Crippen molar-refractivity contribution in [2.24, 2.45) is 5.92 Å². The molecular formula is C16H25NO2. The van der Waals surface area contributed by atoms with Gasteiger partial charge in [0, 0.05) is 12.1 Å². The number of aliphatic hydroxyl groups is 1. The van der Waals surface area contributed by atoms with E-state index in [1.807, 2.05) is 24.3 Å². The number of nitrogens with zero attached hydrogens (tertiary/aromatic N) is 1. The molecule has 1 fully saturated rings. The number of ether oxygens (including phenoxy) is 1. The standard InChI is InChI=1S/C16H25NO2/c1-13-7-10-17(11-8-13)12-9-15(18)14-5-3-4-6-16(14)19-2/h3-6,13,15,18H,7-12H2,1-2H3. The van der Waals surface area contributed by atoms with Crippen molar-refractivity contribution in [3.05, 3.63) is 29.8 Å². The van der Waals surface area contributed by atoms with E-state index in [-0.39, 0.29) is 0 Å². The molecule has 0 saturated carbocycles. The van der Waals surface area contributed by atoms with E-state index >= 15 is 0 Å². The van der Waals surface area contributed by atoms with Gasteiger partial charge in [0.25, 0.3) is 0 Å². The van der Waals surface area contributed by atoms with Crippen molar-refractivity contribution < 1.29 is 9.84 Å². The van der Waals surface area contributed by atoms with E-state index < -0.39 is 6.10 Å². The fourth-order valence-corrected chi connectivity index (χ4v) is 2.69. The van der Waals surface area contributed by atoms with Gasteiger partial charge in [0.05, 0.1) is 13.2 Å². The highest BCUT2D eigenvalue weighted by atomic mass is 16.5. The molecule has 1 aromatic carbocycles. The summed E-state index contributed by atoms with van der Waals surface area (Å²) in [6.07, 6.45) is 2.90. The van der Waals surface area contributed by atoms with Gasteiger partial charge in [-0.2, -0.15) is 0 Å². The second-order valence-electron chi connectivity index (χ2n) is 5.57. The number of hydrogen-bond acceptors (Lipinski definition) is 3. The lowest BCUT2D eigenvalue weighted by Crippen LogP contribution is -2.34. The van der Waals surface area contributed by atoms with Crippen molar-refractivity contribution >= 4 is 0 Å². The van der Waals surface area contributed by atoms with Crippen LogP contribution in [0.5, 0.6) is 5.75 Å². The van der Waals surface area contributed by atoms with Gasteiger partial charge in [-0.25, -0.2) is 0 Å². The summed E-state index contributed by atoms with van der Waals surface area (Å²) in [7, 11) is 1.65. The van der Waals surface area contributed by atoms with Crippen molar-refractivity contribution in [3.63, 3.8) is 0 Å². The molecule has 0 radical (unpaired) electrons. The molecule has 0 spiro atoms. The number of methoxy groups -OCH3 is 1. The molecule has 0 aliphatic carbocycles. The molecule has 3 heteroatoms. The molecule has 3 nitrogen and oxygen atoms in total. The molecule has 0 bridgehead atoms. The summed E-state index contributed by atoms with van der Waals surface area (Å²) in [5.41, 5.74) is 0.898. The van der Waals surface area contributed by atoms with Crippen molar-refractivity contribution in [2.45, 2.75) is 32.3 Å². The van der Waals surface area contributed by atoms with Crippen LogP contribution in [-0.4, -0.2) is 36.8 Å². The van der Waals surface area contributed by atoms with Gasteiger partial charge in [0.1, 0.15) is 5.75 Å². The number of rotatable bonds is 5. The second kappa shape index (κ2) is 6.92. The van der Waals surface area contributed by atoms with E-state index in [1.54, 1.807) is 7.11 Å². The third-order valence-corrected chi connectivity index (χ3v) is 4.09. The fraction of sp³-hybridized carbons (Fsp3) is 0.625. The van der Waals surface area contributed by atoms with E-state index in [2.05, 4.69) is 11.8 Å². The molecule has 1 N–H and O–H groups in total. The molecule has 1 saturated heterocycles. The van der Waals surface area contributed by atoms with Gasteiger partial charge in [-0.05, 0) is 44.3 Å². The Labute approximate surface area is 116 Å². The number of likely N-dealkylation sites (tertiary alicyclic amines) is 1. The van der Waals surface area contributed by atoms with E-state index in [0.29, 0.717) is 0 Å². The second-order valence-corrected chi connectivity index (χ2v) is 5.57. The Morgan fingerprint density at radius 1 is 1.32 bits per heavy atom. The molecular weight excluding hydrogens is 238 g/mol. The summed E-state index contributed by atoms with van der Waals surface area (Å²) >= 11 is 0. The van der Waals surface area contributed by atoms with Gasteiger partial charge < -0.3 is 14.7 Å². The number of aliphatic hydroxyl groups excluding tert-OH is 1. The lowest BCUT2D eigenvalue weighted by molar-refractivity contribution is 0.123. The normalized spacial score (nSPS) is 19.3. The summed E-state index contributed by atoms with van der Waals surface area (Å²) < 4.78 is 5.30. The first-order valence-corrected chi connectivity index (χ1v) is 7.24. The topological polar surface area (TPSA) is 32.7 Å². The van der Waals surface area contributed by atoms with Gasteiger partial charge in [0.2, 0.25) is 0 Å². The van der Waals surface area contributed by atoms with Crippen LogP contribution in [-0.2, 0) is 0 Å². The van der Waals surface area contributed by atoms with E-state index in [9.17, 15) is 5.11 Å². The smallest absolute Gasteiger partial charge is 0.124 e. The van der Waals surface area contributed by atoms with Crippen molar-refractivity contribution in [2.75, 3.05) is 26.7 Å². The van der Waals surface area contributed by atoms with E-state index in [1.165, 1.54) is 25.9 Å². The van der Waals surface area contributed by atoms with Crippen molar-refractivity contribution in [3.8, 4) is 5.75 Å². The summed E-state index contributed by atoms with van der Waals surface area (Å²) in [5, 5.41) is 10.3. The maximum Gasteiger partial charge on any atom is 0.124 e. The lowest BCUT2D eigenvalue weighted by atomic mass is 9.98. The first kappa shape index (κ1) is 14.4. The van der Waals surface area contributed by atoms with Gasteiger partial charge in [-0.3, -0.25) is 0 Å². The minimum Gasteiger partial charge on any atom is -0.496 e. The Kier molecular flexibility index (Phi) is 5.23. The predicted molar refractivity (Wildman–Crippen MR) is 77.4 cm³/mol. The Bertz CT molecular complexity index is 386. The van der Waals surface area contributed by atoms with Crippen LogP contribution in [0.4, 0.5) is 0 Å². The quantitative estimate of drug-likeness (QED) is 0.886. The molecule has 2 rings (SSSR count). The Hall–Kier alpha value is -1.06. The van der Waals surface area contributed by atoms with Crippen LogP contribution >= 0.6 is 0 Å². The monoisotopic (exact) mass is 263 g/mol.